The molecule has 1 aromatic carbocycles. The molecule has 0 spiro atoms. The number of aliphatic hydroxyl groups is 1. The van der Waals surface area contributed by atoms with Crippen LogP contribution in [0.3, 0.4) is 0 Å². The van der Waals surface area contributed by atoms with Crippen molar-refractivity contribution in [2.24, 2.45) is 0 Å². The van der Waals surface area contributed by atoms with Crippen LogP contribution < -0.4 is 5.32 Å². The SMILES string of the molecule is CC(C)(C(=O)NCC1(O)CCCCC1)c1ccccc1. The average molecular weight is 275 g/mol. The number of hydrogen-bond acceptors (Lipinski definition) is 2. The number of nitrogens with one attached hydrogen (secondary N) is 1. The fraction of sp³-hybridized carbons (Fsp3) is 0.588. The summed E-state index contributed by atoms with van der Waals surface area (Å²) in [6.45, 7) is 4.20. The maximum absolute atomic E-state index is 12.4. The van der Waals surface area contributed by atoms with Crippen LogP contribution in [-0.2, 0) is 10.2 Å². The summed E-state index contributed by atoms with van der Waals surface area (Å²) in [7, 11) is 0. The van der Waals surface area contributed by atoms with Gasteiger partial charge in [-0.3, -0.25) is 4.79 Å². The molecule has 2 rings (SSSR count). The third-order valence-corrected chi connectivity index (χ3v) is 4.43. The molecule has 0 saturated heterocycles. The van der Waals surface area contributed by atoms with Crippen LogP contribution in [0.4, 0.5) is 0 Å². The van der Waals surface area contributed by atoms with Crippen LogP contribution in [0.25, 0.3) is 0 Å². The van der Waals surface area contributed by atoms with E-state index in [9.17, 15) is 9.90 Å². The Bertz CT molecular complexity index is 447. The van der Waals surface area contributed by atoms with Crippen LogP contribution >= 0.6 is 0 Å². The van der Waals surface area contributed by atoms with Crippen molar-refractivity contribution in [2.75, 3.05) is 6.54 Å². The molecular weight excluding hydrogens is 250 g/mol. The van der Waals surface area contributed by atoms with Crippen LogP contribution in [-0.4, -0.2) is 23.2 Å². The van der Waals surface area contributed by atoms with Crippen molar-refractivity contribution in [2.45, 2.75) is 57.0 Å². The first kappa shape index (κ1) is 15.0. The zero-order valence-corrected chi connectivity index (χ0v) is 12.5. The number of hydrogen-bond donors (Lipinski definition) is 2. The van der Waals surface area contributed by atoms with Gasteiger partial charge >= 0.3 is 0 Å². The van der Waals surface area contributed by atoms with Crippen LogP contribution in [0.15, 0.2) is 30.3 Å². The van der Waals surface area contributed by atoms with E-state index in [0.29, 0.717) is 6.54 Å². The van der Waals surface area contributed by atoms with Crippen LogP contribution in [0, 0.1) is 0 Å². The van der Waals surface area contributed by atoms with Gasteiger partial charge < -0.3 is 10.4 Å². The van der Waals surface area contributed by atoms with E-state index in [1.807, 2.05) is 44.2 Å². The van der Waals surface area contributed by atoms with Gasteiger partial charge in [-0.25, -0.2) is 0 Å². The third-order valence-electron chi connectivity index (χ3n) is 4.43. The number of rotatable bonds is 4. The highest BCUT2D eigenvalue weighted by atomic mass is 16.3. The standard InChI is InChI=1S/C17H25NO2/c1-16(2,14-9-5-3-6-10-14)15(19)18-13-17(20)11-7-4-8-12-17/h3,5-6,9-10,20H,4,7-8,11-13H2,1-2H3,(H,18,19). The quantitative estimate of drug-likeness (QED) is 0.887. The lowest BCUT2D eigenvalue weighted by Crippen LogP contribution is -2.48. The van der Waals surface area contributed by atoms with Gasteiger partial charge in [-0.05, 0) is 32.3 Å². The summed E-state index contributed by atoms with van der Waals surface area (Å²) < 4.78 is 0. The van der Waals surface area contributed by atoms with Crippen molar-refractivity contribution in [3.63, 3.8) is 0 Å². The predicted octanol–water partition coefficient (Wildman–Crippen LogP) is 2.78. The number of benzene rings is 1. The second-order valence-electron chi connectivity index (χ2n) is 6.46. The van der Waals surface area contributed by atoms with E-state index in [1.54, 1.807) is 0 Å². The summed E-state index contributed by atoms with van der Waals surface area (Å²) >= 11 is 0. The van der Waals surface area contributed by atoms with E-state index < -0.39 is 11.0 Å². The minimum atomic E-state index is -0.708. The Morgan fingerprint density at radius 1 is 1.20 bits per heavy atom. The zero-order chi connectivity index (χ0) is 14.6. The smallest absolute Gasteiger partial charge is 0.230 e. The average Bonchev–Trinajstić information content (AvgIpc) is 2.46. The number of carbonyl (C=O) groups is 1. The molecule has 3 nitrogen and oxygen atoms in total. The van der Waals surface area contributed by atoms with Crippen molar-refractivity contribution in [3.8, 4) is 0 Å². The highest BCUT2D eigenvalue weighted by Gasteiger charge is 2.33. The van der Waals surface area contributed by atoms with E-state index in [4.69, 9.17) is 0 Å². The lowest BCUT2D eigenvalue weighted by molar-refractivity contribution is -0.127. The molecule has 0 radical (unpaired) electrons. The molecular formula is C17H25NO2. The lowest BCUT2D eigenvalue weighted by atomic mass is 9.82. The molecule has 3 heteroatoms. The molecule has 1 amide bonds. The molecule has 0 heterocycles. The topological polar surface area (TPSA) is 49.3 Å². The fourth-order valence-corrected chi connectivity index (χ4v) is 2.84. The molecule has 110 valence electrons. The van der Waals surface area contributed by atoms with Gasteiger partial charge in [0.1, 0.15) is 0 Å². The fourth-order valence-electron chi connectivity index (χ4n) is 2.84. The van der Waals surface area contributed by atoms with E-state index in [-0.39, 0.29) is 5.91 Å². The van der Waals surface area contributed by atoms with Crippen LogP contribution in [0.1, 0.15) is 51.5 Å². The van der Waals surface area contributed by atoms with Gasteiger partial charge in [0.2, 0.25) is 5.91 Å². The Kier molecular flexibility index (Phi) is 4.48. The van der Waals surface area contributed by atoms with Crippen LogP contribution in [0.2, 0.25) is 0 Å². The van der Waals surface area contributed by atoms with Crippen molar-refractivity contribution in [3.05, 3.63) is 35.9 Å². The third kappa shape index (κ3) is 3.40. The van der Waals surface area contributed by atoms with E-state index in [0.717, 1.165) is 31.2 Å². The normalized spacial score (nSPS) is 18.6. The highest BCUT2D eigenvalue weighted by Crippen LogP contribution is 2.28. The molecule has 20 heavy (non-hydrogen) atoms. The maximum atomic E-state index is 12.4. The largest absolute Gasteiger partial charge is 0.388 e. The van der Waals surface area contributed by atoms with E-state index in [1.165, 1.54) is 6.42 Å². The first-order valence-electron chi connectivity index (χ1n) is 7.50. The van der Waals surface area contributed by atoms with Crippen LogP contribution in [0.5, 0.6) is 0 Å². The molecule has 1 aliphatic carbocycles. The maximum Gasteiger partial charge on any atom is 0.230 e. The Morgan fingerprint density at radius 2 is 1.80 bits per heavy atom. The minimum absolute atomic E-state index is 0.0253. The molecule has 0 atom stereocenters. The van der Waals surface area contributed by atoms with Gasteiger partial charge in [0.05, 0.1) is 11.0 Å². The first-order chi connectivity index (χ1) is 9.44. The second kappa shape index (κ2) is 5.96. The zero-order valence-electron chi connectivity index (χ0n) is 12.5. The summed E-state index contributed by atoms with van der Waals surface area (Å²) in [5.41, 5.74) is -0.291. The summed E-state index contributed by atoms with van der Waals surface area (Å²) in [6.07, 6.45) is 4.87. The molecule has 0 bridgehead atoms. The molecule has 1 fully saturated rings. The summed E-state index contributed by atoms with van der Waals surface area (Å²) in [5.74, 6) is -0.0253. The van der Waals surface area contributed by atoms with Crippen molar-refractivity contribution in [1.82, 2.24) is 5.32 Å². The van der Waals surface area contributed by atoms with Gasteiger partial charge in [0, 0.05) is 6.54 Å². The van der Waals surface area contributed by atoms with Crippen molar-refractivity contribution in [1.29, 1.82) is 0 Å². The Morgan fingerprint density at radius 3 is 2.40 bits per heavy atom. The molecule has 0 aliphatic heterocycles. The Balaban J connectivity index is 1.97. The molecule has 1 saturated carbocycles. The summed E-state index contributed by atoms with van der Waals surface area (Å²) in [5, 5.41) is 13.4. The molecule has 0 unspecified atom stereocenters. The van der Waals surface area contributed by atoms with Gasteiger partial charge in [-0.1, -0.05) is 49.6 Å². The number of carbonyl (C=O) groups excluding carboxylic acids is 1. The predicted molar refractivity (Wildman–Crippen MR) is 80.5 cm³/mol. The monoisotopic (exact) mass is 275 g/mol. The second-order valence-corrected chi connectivity index (χ2v) is 6.46. The van der Waals surface area contributed by atoms with E-state index in [2.05, 4.69) is 5.32 Å². The molecule has 1 aromatic rings. The van der Waals surface area contributed by atoms with E-state index >= 15 is 0 Å². The Hall–Kier alpha value is -1.35. The van der Waals surface area contributed by atoms with Crippen molar-refractivity contribution >= 4 is 5.91 Å². The summed E-state index contributed by atoms with van der Waals surface area (Å²) in [4.78, 5) is 12.4. The number of amides is 1. The van der Waals surface area contributed by atoms with Gasteiger partial charge in [0.15, 0.2) is 0 Å². The molecule has 0 aromatic heterocycles. The summed E-state index contributed by atoms with van der Waals surface area (Å²) in [6, 6.07) is 9.77. The molecule has 2 N–H and O–H groups in total. The van der Waals surface area contributed by atoms with Gasteiger partial charge in [-0.15, -0.1) is 0 Å². The highest BCUT2D eigenvalue weighted by molar-refractivity contribution is 5.87. The lowest BCUT2D eigenvalue weighted by Gasteiger charge is -2.33. The van der Waals surface area contributed by atoms with Gasteiger partial charge in [-0.2, -0.15) is 0 Å². The minimum Gasteiger partial charge on any atom is -0.388 e. The first-order valence-corrected chi connectivity index (χ1v) is 7.50. The molecule has 1 aliphatic rings. The Labute approximate surface area is 121 Å². The van der Waals surface area contributed by atoms with Gasteiger partial charge in [0.25, 0.3) is 0 Å². The van der Waals surface area contributed by atoms with Crippen molar-refractivity contribution < 1.29 is 9.90 Å².